The molecule has 16 heavy (non-hydrogen) atoms. The summed E-state index contributed by atoms with van der Waals surface area (Å²) < 4.78 is 37.1. The summed E-state index contributed by atoms with van der Waals surface area (Å²) in [7, 11) is 0. The average molecular weight is 232 g/mol. The van der Waals surface area contributed by atoms with Crippen LogP contribution in [0.4, 0.5) is 13.2 Å². The van der Waals surface area contributed by atoms with Gasteiger partial charge in [0.05, 0.1) is 0 Å². The van der Waals surface area contributed by atoms with Gasteiger partial charge in [0.15, 0.2) is 0 Å². The van der Waals surface area contributed by atoms with Gasteiger partial charge in [-0.2, -0.15) is 13.2 Å². The lowest BCUT2D eigenvalue weighted by Crippen LogP contribution is -2.42. The Bertz CT molecular complexity index is 333. The van der Waals surface area contributed by atoms with E-state index in [1.807, 2.05) is 0 Å². The smallest absolute Gasteiger partial charge is 0.320 e. The summed E-state index contributed by atoms with van der Waals surface area (Å²) in [6.07, 6.45) is -1.35. The van der Waals surface area contributed by atoms with E-state index < -0.39 is 17.6 Å². The first-order valence-corrected chi connectivity index (χ1v) is 4.96. The van der Waals surface area contributed by atoms with Crippen molar-refractivity contribution in [1.82, 2.24) is 4.98 Å². The van der Waals surface area contributed by atoms with Gasteiger partial charge >= 0.3 is 6.18 Å². The zero-order chi connectivity index (χ0) is 12.4. The molecule has 0 radical (unpaired) electrons. The number of pyridine rings is 1. The first-order valence-electron chi connectivity index (χ1n) is 4.96. The van der Waals surface area contributed by atoms with Gasteiger partial charge in [0.1, 0.15) is 6.04 Å². The molecule has 0 aliphatic carbocycles. The van der Waals surface area contributed by atoms with Gasteiger partial charge in [0.2, 0.25) is 0 Å². The van der Waals surface area contributed by atoms with Crippen LogP contribution >= 0.6 is 0 Å². The molecule has 1 aromatic heterocycles. The lowest BCUT2D eigenvalue weighted by Gasteiger charge is -2.29. The van der Waals surface area contributed by atoms with Crippen LogP contribution in [0.1, 0.15) is 25.8 Å². The van der Waals surface area contributed by atoms with Gasteiger partial charge in [-0.1, -0.05) is 13.8 Å². The lowest BCUT2D eigenvalue weighted by atomic mass is 9.79. The molecule has 0 spiro atoms. The van der Waals surface area contributed by atoms with Crippen LogP contribution in [-0.2, 0) is 5.41 Å². The van der Waals surface area contributed by atoms with E-state index in [-0.39, 0.29) is 6.42 Å². The Balaban J connectivity index is 2.80. The number of rotatable bonds is 3. The van der Waals surface area contributed by atoms with E-state index in [2.05, 4.69) is 4.98 Å². The largest absolute Gasteiger partial charge is 0.403 e. The highest BCUT2D eigenvalue weighted by molar-refractivity contribution is 5.20. The molecule has 1 unspecified atom stereocenters. The van der Waals surface area contributed by atoms with Crippen LogP contribution in [0.15, 0.2) is 24.5 Å². The Hall–Kier alpha value is -1.10. The minimum Gasteiger partial charge on any atom is -0.320 e. The SMILES string of the molecule is CC(C)(CC(N)C(F)(F)F)c1ccncc1. The number of hydrogen-bond acceptors (Lipinski definition) is 2. The van der Waals surface area contributed by atoms with Crippen LogP contribution in [-0.4, -0.2) is 17.2 Å². The molecule has 1 rings (SSSR count). The van der Waals surface area contributed by atoms with Gasteiger partial charge in [-0.15, -0.1) is 0 Å². The minimum atomic E-state index is -4.34. The second kappa shape index (κ2) is 4.41. The highest BCUT2D eigenvalue weighted by atomic mass is 19.4. The summed E-state index contributed by atoms with van der Waals surface area (Å²) in [6.45, 7) is 3.49. The van der Waals surface area contributed by atoms with E-state index in [1.165, 1.54) is 0 Å². The second-order valence-corrected chi connectivity index (χ2v) is 4.47. The van der Waals surface area contributed by atoms with Crippen LogP contribution < -0.4 is 5.73 Å². The van der Waals surface area contributed by atoms with Crippen molar-refractivity contribution in [2.45, 2.75) is 37.9 Å². The molecule has 1 atom stereocenters. The summed E-state index contributed by atoms with van der Waals surface area (Å²) in [6, 6.07) is 1.63. The number of nitrogens with zero attached hydrogens (tertiary/aromatic N) is 1. The fraction of sp³-hybridized carbons (Fsp3) is 0.545. The van der Waals surface area contributed by atoms with E-state index >= 15 is 0 Å². The number of aromatic nitrogens is 1. The van der Waals surface area contributed by atoms with Crippen molar-refractivity contribution in [3.63, 3.8) is 0 Å². The van der Waals surface area contributed by atoms with Crippen molar-refractivity contribution < 1.29 is 13.2 Å². The van der Waals surface area contributed by atoms with E-state index in [9.17, 15) is 13.2 Å². The zero-order valence-electron chi connectivity index (χ0n) is 9.25. The highest BCUT2D eigenvalue weighted by Crippen LogP contribution is 2.32. The Morgan fingerprint density at radius 2 is 1.75 bits per heavy atom. The number of nitrogens with two attached hydrogens (primary N) is 1. The molecule has 1 aromatic rings. The van der Waals surface area contributed by atoms with Gasteiger partial charge in [0.25, 0.3) is 0 Å². The number of halogens is 3. The van der Waals surface area contributed by atoms with Gasteiger partial charge in [-0.3, -0.25) is 4.98 Å². The Kier molecular flexibility index (Phi) is 3.57. The molecule has 0 aliphatic rings. The van der Waals surface area contributed by atoms with Crippen molar-refractivity contribution in [1.29, 1.82) is 0 Å². The number of alkyl halides is 3. The third-order valence-electron chi connectivity index (χ3n) is 2.61. The number of hydrogen-bond donors (Lipinski definition) is 1. The molecule has 0 saturated heterocycles. The molecule has 0 bridgehead atoms. The summed E-state index contributed by atoms with van der Waals surface area (Å²) in [5, 5.41) is 0. The van der Waals surface area contributed by atoms with Crippen LogP contribution in [0.2, 0.25) is 0 Å². The maximum absolute atomic E-state index is 12.4. The van der Waals surface area contributed by atoms with Gasteiger partial charge in [-0.05, 0) is 29.5 Å². The Labute approximate surface area is 92.7 Å². The van der Waals surface area contributed by atoms with E-state index in [0.29, 0.717) is 0 Å². The molecule has 0 amide bonds. The molecule has 5 heteroatoms. The predicted octanol–water partition coefficient (Wildman–Crippen LogP) is 2.64. The fourth-order valence-corrected chi connectivity index (χ4v) is 1.59. The molecular formula is C11H15F3N2. The molecule has 2 N–H and O–H groups in total. The van der Waals surface area contributed by atoms with Crippen molar-refractivity contribution in [3.8, 4) is 0 Å². The third-order valence-corrected chi connectivity index (χ3v) is 2.61. The molecule has 0 aromatic carbocycles. The van der Waals surface area contributed by atoms with Crippen LogP contribution in [0.5, 0.6) is 0 Å². The van der Waals surface area contributed by atoms with Crippen molar-refractivity contribution in [2.75, 3.05) is 0 Å². The summed E-state index contributed by atoms with van der Waals surface area (Å²) in [4.78, 5) is 3.83. The van der Waals surface area contributed by atoms with Gasteiger partial charge in [0, 0.05) is 12.4 Å². The summed E-state index contributed by atoms with van der Waals surface area (Å²) in [5.74, 6) is 0. The third kappa shape index (κ3) is 3.20. The van der Waals surface area contributed by atoms with E-state index in [1.54, 1.807) is 38.4 Å². The first kappa shape index (κ1) is 13.0. The van der Waals surface area contributed by atoms with Gasteiger partial charge < -0.3 is 5.73 Å². The quantitative estimate of drug-likeness (QED) is 0.870. The van der Waals surface area contributed by atoms with Crippen LogP contribution in [0, 0.1) is 0 Å². The molecule has 90 valence electrons. The molecule has 0 fully saturated rings. The topological polar surface area (TPSA) is 38.9 Å². The standard InChI is InChI=1S/C11H15F3N2/c1-10(2,7-9(15)11(12,13)14)8-3-5-16-6-4-8/h3-6,9H,7,15H2,1-2H3. The molecular weight excluding hydrogens is 217 g/mol. The first-order chi connectivity index (χ1) is 7.23. The minimum absolute atomic E-state index is 0.138. The fourth-order valence-electron chi connectivity index (χ4n) is 1.59. The molecule has 1 heterocycles. The van der Waals surface area contributed by atoms with Crippen molar-refractivity contribution in [3.05, 3.63) is 30.1 Å². The maximum atomic E-state index is 12.4. The second-order valence-electron chi connectivity index (χ2n) is 4.47. The van der Waals surface area contributed by atoms with Crippen LogP contribution in [0.3, 0.4) is 0 Å². The molecule has 0 aliphatic heterocycles. The average Bonchev–Trinajstić information content (AvgIpc) is 2.17. The lowest BCUT2D eigenvalue weighted by molar-refractivity contribution is -0.151. The van der Waals surface area contributed by atoms with Crippen LogP contribution in [0.25, 0.3) is 0 Å². The van der Waals surface area contributed by atoms with Crippen molar-refractivity contribution >= 4 is 0 Å². The maximum Gasteiger partial charge on any atom is 0.403 e. The summed E-state index contributed by atoms with van der Waals surface area (Å²) >= 11 is 0. The summed E-state index contributed by atoms with van der Waals surface area (Å²) in [5.41, 5.74) is 5.33. The Morgan fingerprint density at radius 1 is 1.25 bits per heavy atom. The van der Waals surface area contributed by atoms with E-state index in [0.717, 1.165) is 5.56 Å². The monoisotopic (exact) mass is 232 g/mol. The normalized spacial score (nSPS) is 14.9. The molecule has 0 saturated carbocycles. The molecule has 2 nitrogen and oxygen atoms in total. The highest BCUT2D eigenvalue weighted by Gasteiger charge is 2.40. The zero-order valence-corrected chi connectivity index (χ0v) is 9.25. The van der Waals surface area contributed by atoms with Gasteiger partial charge in [-0.25, -0.2) is 0 Å². The predicted molar refractivity (Wildman–Crippen MR) is 55.9 cm³/mol. The van der Waals surface area contributed by atoms with Crippen molar-refractivity contribution in [2.24, 2.45) is 5.73 Å². The Morgan fingerprint density at radius 3 is 2.19 bits per heavy atom. The van der Waals surface area contributed by atoms with E-state index in [4.69, 9.17) is 5.73 Å².